The van der Waals surface area contributed by atoms with Gasteiger partial charge in [-0.25, -0.2) is 4.68 Å². The summed E-state index contributed by atoms with van der Waals surface area (Å²) in [6.07, 6.45) is 3.29. The summed E-state index contributed by atoms with van der Waals surface area (Å²) in [7, 11) is 0. The average molecular weight is 384 g/mol. The molecule has 1 fully saturated rings. The Balaban J connectivity index is 1.89. The van der Waals surface area contributed by atoms with Crippen LogP contribution in [0.2, 0.25) is 10.0 Å². The van der Waals surface area contributed by atoms with Gasteiger partial charge >= 0.3 is 0 Å². The van der Waals surface area contributed by atoms with Crippen molar-refractivity contribution < 1.29 is 9.72 Å². The lowest BCUT2D eigenvalue weighted by molar-refractivity contribution is -0.384. The van der Waals surface area contributed by atoms with Crippen LogP contribution in [0.15, 0.2) is 24.4 Å². The van der Waals surface area contributed by atoms with Crippen LogP contribution < -0.4 is 5.73 Å². The fourth-order valence-electron chi connectivity index (χ4n) is 2.80. The van der Waals surface area contributed by atoms with Crippen molar-refractivity contribution in [3.8, 4) is 5.69 Å². The van der Waals surface area contributed by atoms with Gasteiger partial charge in [-0.05, 0) is 18.9 Å². The van der Waals surface area contributed by atoms with Gasteiger partial charge in [0.25, 0.3) is 11.6 Å². The van der Waals surface area contributed by atoms with Crippen LogP contribution in [0.4, 0.5) is 5.69 Å². The summed E-state index contributed by atoms with van der Waals surface area (Å²) in [5, 5.41) is 15.2. The molecule has 132 valence electrons. The third-order valence-corrected chi connectivity index (χ3v) is 4.57. The minimum atomic E-state index is -0.584. The maximum absolute atomic E-state index is 12.5. The maximum atomic E-state index is 12.5. The van der Waals surface area contributed by atoms with Gasteiger partial charge in [-0.3, -0.25) is 14.9 Å². The van der Waals surface area contributed by atoms with Crippen LogP contribution in [0.3, 0.4) is 0 Å². The van der Waals surface area contributed by atoms with E-state index >= 15 is 0 Å². The lowest BCUT2D eigenvalue weighted by Gasteiger charge is -2.30. The molecule has 2 N–H and O–H groups in total. The first-order chi connectivity index (χ1) is 11.9. The largest absolute Gasteiger partial charge is 0.336 e. The summed E-state index contributed by atoms with van der Waals surface area (Å²) in [6.45, 7) is 1.13. The van der Waals surface area contributed by atoms with Gasteiger partial charge in [0, 0.05) is 37.5 Å². The van der Waals surface area contributed by atoms with E-state index in [2.05, 4.69) is 5.10 Å². The van der Waals surface area contributed by atoms with Crippen molar-refractivity contribution in [1.82, 2.24) is 14.7 Å². The van der Waals surface area contributed by atoms with E-state index in [1.807, 2.05) is 0 Å². The molecule has 1 aromatic carbocycles. The van der Waals surface area contributed by atoms with Gasteiger partial charge in [0.05, 0.1) is 15.0 Å². The highest BCUT2D eigenvalue weighted by molar-refractivity contribution is 6.38. The number of halogens is 2. The van der Waals surface area contributed by atoms with Gasteiger partial charge in [0.2, 0.25) is 0 Å². The number of non-ortho nitro benzene ring substituents is 1. The summed E-state index contributed by atoms with van der Waals surface area (Å²) < 4.78 is 1.34. The zero-order valence-corrected chi connectivity index (χ0v) is 14.6. The molecule has 8 nitrogen and oxygen atoms in total. The molecule has 1 aliphatic rings. The third kappa shape index (κ3) is 3.60. The second-order valence-electron chi connectivity index (χ2n) is 5.81. The molecule has 2 heterocycles. The minimum Gasteiger partial charge on any atom is -0.336 e. The molecular formula is C15H15Cl2N5O3. The Morgan fingerprint density at radius 2 is 2.04 bits per heavy atom. The van der Waals surface area contributed by atoms with Crippen LogP contribution in [0.25, 0.3) is 5.69 Å². The van der Waals surface area contributed by atoms with E-state index in [1.165, 1.54) is 23.0 Å². The lowest BCUT2D eigenvalue weighted by Crippen LogP contribution is -2.45. The highest BCUT2D eigenvalue weighted by Crippen LogP contribution is 2.33. The number of nitro benzene ring substituents is 1. The molecule has 0 spiro atoms. The molecule has 2 aromatic rings. The third-order valence-electron chi connectivity index (χ3n) is 3.99. The van der Waals surface area contributed by atoms with E-state index in [0.717, 1.165) is 12.8 Å². The number of nitrogens with zero attached hydrogens (tertiary/aromatic N) is 4. The second kappa shape index (κ2) is 6.99. The van der Waals surface area contributed by atoms with Crippen LogP contribution in [-0.4, -0.2) is 44.6 Å². The number of nitrogens with two attached hydrogens (primary N) is 1. The van der Waals surface area contributed by atoms with Crippen molar-refractivity contribution in [2.75, 3.05) is 13.1 Å². The standard InChI is InChI=1S/C15H15Cl2N5O3/c16-11-6-10(22(24)25)7-12(17)14(11)21-5-3-13(19-21)15(23)20-4-1-2-9(18)8-20/h3,5-7,9H,1-2,4,8,18H2. The molecule has 1 amide bonds. The summed E-state index contributed by atoms with van der Waals surface area (Å²) in [5.74, 6) is -0.219. The molecule has 25 heavy (non-hydrogen) atoms. The van der Waals surface area contributed by atoms with Crippen molar-refractivity contribution in [2.24, 2.45) is 5.73 Å². The van der Waals surface area contributed by atoms with Gasteiger partial charge < -0.3 is 10.6 Å². The van der Waals surface area contributed by atoms with E-state index < -0.39 is 4.92 Å². The number of amides is 1. The molecule has 3 rings (SSSR count). The monoisotopic (exact) mass is 383 g/mol. The van der Waals surface area contributed by atoms with Gasteiger partial charge in [-0.2, -0.15) is 5.10 Å². The van der Waals surface area contributed by atoms with Gasteiger partial charge in [-0.15, -0.1) is 0 Å². The van der Waals surface area contributed by atoms with Crippen LogP contribution >= 0.6 is 23.2 Å². The number of carbonyl (C=O) groups excluding carboxylic acids is 1. The Hall–Kier alpha value is -2.16. The molecule has 1 unspecified atom stereocenters. The zero-order chi connectivity index (χ0) is 18.1. The van der Waals surface area contributed by atoms with Crippen molar-refractivity contribution >= 4 is 34.8 Å². The minimum absolute atomic E-state index is 0.0293. The molecular weight excluding hydrogens is 369 g/mol. The Morgan fingerprint density at radius 1 is 1.36 bits per heavy atom. The number of hydrogen-bond donors (Lipinski definition) is 1. The number of hydrogen-bond acceptors (Lipinski definition) is 5. The fourth-order valence-corrected chi connectivity index (χ4v) is 3.44. The molecule has 1 aliphatic heterocycles. The fraction of sp³-hybridized carbons (Fsp3) is 0.333. The molecule has 0 aliphatic carbocycles. The highest BCUT2D eigenvalue weighted by Gasteiger charge is 2.25. The van der Waals surface area contributed by atoms with Crippen LogP contribution in [0, 0.1) is 10.1 Å². The van der Waals surface area contributed by atoms with Crippen LogP contribution in [-0.2, 0) is 0 Å². The van der Waals surface area contributed by atoms with Crippen molar-refractivity contribution in [2.45, 2.75) is 18.9 Å². The van der Waals surface area contributed by atoms with Crippen molar-refractivity contribution in [1.29, 1.82) is 0 Å². The van der Waals surface area contributed by atoms with E-state index in [1.54, 1.807) is 11.0 Å². The number of carbonyl (C=O) groups is 1. The maximum Gasteiger partial charge on any atom is 0.274 e. The van der Waals surface area contributed by atoms with E-state index in [0.29, 0.717) is 13.1 Å². The number of nitro groups is 1. The highest BCUT2D eigenvalue weighted by atomic mass is 35.5. The number of benzene rings is 1. The first kappa shape index (κ1) is 17.7. The summed E-state index contributed by atoms with van der Waals surface area (Å²) in [4.78, 5) is 24.5. The molecule has 0 saturated carbocycles. The van der Waals surface area contributed by atoms with Crippen molar-refractivity contribution in [3.63, 3.8) is 0 Å². The smallest absolute Gasteiger partial charge is 0.274 e. The first-order valence-electron chi connectivity index (χ1n) is 7.61. The number of likely N-dealkylation sites (tertiary alicyclic amines) is 1. The molecule has 1 aromatic heterocycles. The Kier molecular flexibility index (Phi) is 4.94. The SMILES string of the molecule is NC1CCCN(C(=O)c2ccn(-c3c(Cl)cc([N+](=O)[O-])cc3Cl)n2)C1. The molecule has 1 saturated heterocycles. The summed E-state index contributed by atoms with van der Waals surface area (Å²) in [6, 6.07) is 3.90. The summed E-state index contributed by atoms with van der Waals surface area (Å²) >= 11 is 12.2. The van der Waals surface area contributed by atoms with E-state index in [-0.39, 0.29) is 39.1 Å². The van der Waals surface area contributed by atoms with Gasteiger partial charge in [0.15, 0.2) is 5.69 Å². The Bertz CT molecular complexity index is 815. The topological polar surface area (TPSA) is 107 Å². The number of aromatic nitrogens is 2. The number of rotatable bonds is 3. The van der Waals surface area contributed by atoms with E-state index in [9.17, 15) is 14.9 Å². The lowest BCUT2D eigenvalue weighted by atomic mass is 10.1. The molecule has 10 heteroatoms. The van der Waals surface area contributed by atoms with Crippen LogP contribution in [0.5, 0.6) is 0 Å². The molecule has 0 bridgehead atoms. The Morgan fingerprint density at radius 3 is 2.64 bits per heavy atom. The predicted molar refractivity (Wildman–Crippen MR) is 93.4 cm³/mol. The predicted octanol–water partition coefficient (Wildman–Crippen LogP) is 2.65. The first-order valence-corrected chi connectivity index (χ1v) is 8.36. The van der Waals surface area contributed by atoms with Gasteiger partial charge in [0.1, 0.15) is 5.69 Å². The van der Waals surface area contributed by atoms with Crippen molar-refractivity contribution in [3.05, 3.63) is 50.2 Å². The Labute approximate surface area is 153 Å². The van der Waals surface area contributed by atoms with Crippen LogP contribution in [0.1, 0.15) is 23.3 Å². The quantitative estimate of drug-likeness (QED) is 0.647. The second-order valence-corrected chi connectivity index (χ2v) is 6.63. The normalized spacial score (nSPS) is 17.6. The molecule has 0 radical (unpaired) electrons. The summed E-state index contributed by atoms with van der Waals surface area (Å²) in [5.41, 5.74) is 6.20. The number of piperidine rings is 1. The van der Waals surface area contributed by atoms with Gasteiger partial charge in [-0.1, -0.05) is 23.2 Å². The zero-order valence-electron chi connectivity index (χ0n) is 13.1. The average Bonchev–Trinajstić information content (AvgIpc) is 3.03. The molecule has 1 atom stereocenters. The van der Waals surface area contributed by atoms with E-state index in [4.69, 9.17) is 28.9 Å².